The Bertz CT molecular complexity index is 1120. The van der Waals surface area contributed by atoms with E-state index in [1.807, 2.05) is 101 Å². The van der Waals surface area contributed by atoms with Crippen LogP contribution in [0.1, 0.15) is 22.9 Å². The SMILES string of the molecule is [Pt+2].[c-]1ccccc1-n1ccc(C(c2ccccc2)c2ccn(-c3[c-]cccc3)n2)n1. The van der Waals surface area contributed by atoms with Crippen LogP contribution < -0.4 is 0 Å². The number of hydrogen-bond donors (Lipinski definition) is 0. The Morgan fingerprint density at radius 1 is 0.600 bits per heavy atom. The Hall–Kier alpha value is -3.23. The molecule has 0 unspecified atom stereocenters. The van der Waals surface area contributed by atoms with E-state index in [0.29, 0.717) is 0 Å². The molecular formula is C25H18N4Pt. The van der Waals surface area contributed by atoms with Gasteiger partial charge in [-0.2, -0.15) is 58.7 Å². The predicted octanol–water partition coefficient (Wildman–Crippen LogP) is 4.84. The van der Waals surface area contributed by atoms with E-state index in [1.54, 1.807) is 0 Å². The van der Waals surface area contributed by atoms with Crippen LogP contribution in [0.4, 0.5) is 0 Å². The summed E-state index contributed by atoms with van der Waals surface area (Å²) in [6.07, 6.45) is 3.94. The molecule has 5 rings (SSSR count). The minimum atomic E-state index is -0.0638. The first-order valence-electron chi connectivity index (χ1n) is 9.49. The smallest absolute Gasteiger partial charge is 0.265 e. The number of aromatic nitrogens is 4. The number of hydrogen-bond acceptors (Lipinski definition) is 2. The molecule has 0 spiro atoms. The molecular weight excluding hydrogens is 551 g/mol. The zero-order valence-electron chi connectivity index (χ0n) is 16.0. The molecule has 0 aliphatic rings. The number of nitrogens with zero attached hydrogens (tertiary/aromatic N) is 4. The van der Waals surface area contributed by atoms with Crippen molar-refractivity contribution in [2.45, 2.75) is 5.92 Å². The van der Waals surface area contributed by atoms with Crippen LogP contribution in [0.5, 0.6) is 0 Å². The molecule has 2 aromatic heterocycles. The molecule has 0 amide bonds. The molecule has 0 aliphatic heterocycles. The van der Waals surface area contributed by atoms with Crippen molar-refractivity contribution in [3.8, 4) is 11.4 Å². The van der Waals surface area contributed by atoms with Crippen LogP contribution in [0, 0.1) is 12.1 Å². The number of benzene rings is 3. The molecule has 0 fully saturated rings. The Morgan fingerprint density at radius 3 is 1.57 bits per heavy atom. The van der Waals surface area contributed by atoms with Gasteiger partial charge in [0.2, 0.25) is 0 Å². The van der Waals surface area contributed by atoms with Gasteiger partial charge in [0.05, 0.1) is 17.3 Å². The quantitative estimate of drug-likeness (QED) is 0.284. The van der Waals surface area contributed by atoms with Gasteiger partial charge in [-0.15, -0.1) is 12.1 Å². The maximum atomic E-state index is 4.84. The maximum absolute atomic E-state index is 4.84. The van der Waals surface area contributed by atoms with E-state index in [4.69, 9.17) is 10.2 Å². The van der Waals surface area contributed by atoms with E-state index in [0.717, 1.165) is 28.3 Å². The summed E-state index contributed by atoms with van der Waals surface area (Å²) in [5.74, 6) is -0.0638. The van der Waals surface area contributed by atoms with E-state index in [9.17, 15) is 0 Å². The topological polar surface area (TPSA) is 35.6 Å². The van der Waals surface area contributed by atoms with Crippen molar-refractivity contribution in [2.75, 3.05) is 0 Å². The van der Waals surface area contributed by atoms with Crippen molar-refractivity contribution < 1.29 is 21.1 Å². The van der Waals surface area contributed by atoms with E-state index < -0.39 is 0 Å². The summed E-state index contributed by atoms with van der Waals surface area (Å²) < 4.78 is 3.71. The molecule has 0 radical (unpaired) electrons. The Morgan fingerprint density at radius 2 is 1.10 bits per heavy atom. The van der Waals surface area contributed by atoms with Crippen LogP contribution in [0.3, 0.4) is 0 Å². The molecule has 4 nitrogen and oxygen atoms in total. The largest absolute Gasteiger partial charge is 2.00 e. The van der Waals surface area contributed by atoms with Crippen molar-refractivity contribution in [3.05, 3.63) is 132 Å². The van der Waals surface area contributed by atoms with Gasteiger partial charge in [-0.25, -0.2) is 0 Å². The van der Waals surface area contributed by atoms with Crippen molar-refractivity contribution >= 4 is 0 Å². The zero-order chi connectivity index (χ0) is 19.5. The van der Waals surface area contributed by atoms with Gasteiger partial charge in [-0.3, -0.25) is 9.36 Å². The average molecular weight is 570 g/mol. The monoisotopic (exact) mass is 569 g/mol. The minimum Gasteiger partial charge on any atom is -0.265 e. The molecule has 148 valence electrons. The molecule has 5 aromatic rings. The fourth-order valence-corrected chi connectivity index (χ4v) is 3.44. The molecule has 0 saturated heterocycles. The number of para-hydroxylation sites is 2. The molecule has 0 N–H and O–H groups in total. The molecule has 0 saturated carbocycles. The van der Waals surface area contributed by atoms with Crippen molar-refractivity contribution in [1.82, 2.24) is 19.6 Å². The second-order valence-corrected chi connectivity index (χ2v) is 6.71. The second-order valence-electron chi connectivity index (χ2n) is 6.71. The van der Waals surface area contributed by atoms with Crippen LogP contribution in [-0.2, 0) is 21.1 Å². The first-order valence-corrected chi connectivity index (χ1v) is 9.49. The molecule has 0 atom stereocenters. The summed E-state index contributed by atoms with van der Waals surface area (Å²) in [6.45, 7) is 0. The Kier molecular flexibility index (Phi) is 6.06. The van der Waals surface area contributed by atoms with E-state index in [-0.39, 0.29) is 27.0 Å². The van der Waals surface area contributed by atoms with Crippen LogP contribution in [0.2, 0.25) is 0 Å². The fraction of sp³-hybridized carbons (Fsp3) is 0.0400. The molecule has 5 heteroatoms. The van der Waals surface area contributed by atoms with Crippen molar-refractivity contribution in [1.29, 1.82) is 0 Å². The third kappa shape index (κ3) is 4.05. The average Bonchev–Trinajstić information content (AvgIpc) is 3.47. The van der Waals surface area contributed by atoms with Gasteiger partial charge in [0, 0.05) is 12.4 Å². The summed E-state index contributed by atoms with van der Waals surface area (Å²) in [4.78, 5) is 0. The number of rotatable bonds is 5. The first kappa shape index (κ1) is 20.1. The van der Waals surface area contributed by atoms with Gasteiger partial charge in [0.15, 0.2) is 0 Å². The van der Waals surface area contributed by atoms with Crippen LogP contribution in [-0.4, -0.2) is 19.6 Å². The third-order valence-electron chi connectivity index (χ3n) is 4.82. The van der Waals surface area contributed by atoms with E-state index in [1.165, 1.54) is 0 Å². The van der Waals surface area contributed by atoms with Crippen LogP contribution in [0.15, 0.2) is 103 Å². The molecule has 30 heavy (non-hydrogen) atoms. The summed E-state index contributed by atoms with van der Waals surface area (Å²) in [5.41, 5.74) is 4.86. The second kappa shape index (κ2) is 9.06. The van der Waals surface area contributed by atoms with Gasteiger partial charge in [0.25, 0.3) is 0 Å². The molecule has 2 heterocycles. The van der Waals surface area contributed by atoms with Crippen molar-refractivity contribution in [3.63, 3.8) is 0 Å². The van der Waals surface area contributed by atoms with E-state index >= 15 is 0 Å². The molecule has 3 aromatic carbocycles. The van der Waals surface area contributed by atoms with Crippen LogP contribution in [0.25, 0.3) is 11.4 Å². The van der Waals surface area contributed by atoms with Gasteiger partial charge < -0.3 is 0 Å². The fourth-order valence-electron chi connectivity index (χ4n) is 3.44. The first-order chi connectivity index (χ1) is 14.4. The Labute approximate surface area is 190 Å². The standard InChI is InChI=1S/C25H18N4.Pt/c1-4-10-20(11-5-1)25(23-16-18-28(26-23)21-12-6-2-7-13-21)24-17-19-29(27-24)22-14-8-3-9-15-22;/h1-12,14,16-19,25H;/q-2;+2. The maximum Gasteiger partial charge on any atom is 2.00 e. The molecule has 0 aliphatic carbocycles. The molecule has 0 bridgehead atoms. The minimum absolute atomic E-state index is 0. The van der Waals surface area contributed by atoms with Gasteiger partial charge in [-0.1, -0.05) is 30.3 Å². The summed E-state index contributed by atoms with van der Waals surface area (Å²) in [6, 6.07) is 36.5. The summed E-state index contributed by atoms with van der Waals surface area (Å²) >= 11 is 0. The summed E-state index contributed by atoms with van der Waals surface area (Å²) in [5, 5.41) is 9.69. The third-order valence-corrected chi connectivity index (χ3v) is 4.82. The van der Waals surface area contributed by atoms with Gasteiger partial charge in [-0.05, 0) is 29.1 Å². The Balaban J connectivity index is 0.00000218. The van der Waals surface area contributed by atoms with Crippen LogP contribution >= 0.6 is 0 Å². The van der Waals surface area contributed by atoms with Crippen molar-refractivity contribution in [2.24, 2.45) is 0 Å². The normalized spacial score (nSPS) is 10.7. The van der Waals surface area contributed by atoms with E-state index in [2.05, 4.69) is 24.3 Å². The van der Waals surface area contributed by atoms with Gasteiger partial charge >= 0.3 is 21.1 Å². The van der Waals surface area contributed by atoms with Gasteiger partial charge in [0.1, 0.15) is 0 Å². The summed E-state index contributed by atoms with van der Waals surface area (Å²) in [7, 11) is 0. The zero-order valence-corrected chi connectivity index (χ0v) is 18.3. The predicted molar refractivity (Wildman–Crippen MR) is 112 cm³/mol.